The molecule has 0 N–H and O–H groups in total. The van der Waals surface area contributed by atoms with Gasteiger partial charge in [0.05, 0.1) is 0 Å². The Labute approximate surface area is 172 Å². The first-order valence-corrected chi connectivity index (χ1v) is 10.8. The van der Waals surface area contributed by atoms with E-state index in [0.717, 1.165) is 13.1 Å². The van der Waals surface area contributed by atoms with Crippen LogP contribution in [-0.2, 0) is 6.54 Å². The molecule has 4 rings (SSSR count). The quantitative estimate of drug-likeness (QED) is 0.481. The van der Waals surface area contributed by atoms with Crippen molar-refractivity contribution in [2.45, 2.75) is 34.2 Å². The molecule has 2 aromatic carbocycles. The van der Waals surface area contributed by atoms with Gasteiger partial charge in [0.15, 0.2) is 6.20 Å². The van der Waals surface area contributed by atoms with Gasteiger partial charge in [-0.2, -0.15) is 4.57 Å². The third-order valence-electron chi connectivity index (χ3n) is 5.25. The zero-order valence-electron chi connectivity index (χ0n) is 17.1. The van der Waals surface area contributed by atoms with E-state index in [2.05, 4.69) is 104 Å². The summed E-state index contributed by atoms with van der Waals surface area (Å²) in [6.45, 7) is 10.6. The SMILES string of the molecule is CCN1/C(=C/c2sc(-c3ccc(C)cc3)c[n+]2CC)C=Cc2cc(C)ccc21. The van der Waals surface area contributed by atoms with Crippen LogP contribution in [-0.4, -0.2) is 6.54 Å². The lowest BCUT2D eigenvalue weighted by Crippen LogP contribution is -2.33. The summed E-state index contributed by atoms with van der Waals surface area (Å²) >= 11 is 1.86. The molecular formula is C25H27N2S+. The van der Waals surface area contributed by atoms with E-state index in [-0.39, 0.29) is 0 Å². The molecule has 142 valence electrons. The molecule has 2 nitrogen and oxygen atoms in total. The van der Waals surface area contributed by atoms with Gasteiger partial charge in [-0.3, -0.25) is 0 Å². The summed E-state index contributed by atoms with van der Waals surface area (Å²) in [5.41, 5.74) is 7.73. The molecule has 0 fully saturated rings. The largest absolute Gasteiger partial charge is 0.341 e. The van der Waals surface area contributed by atoms with Crippen LogP contribution < -0.4 is 9.47 Å². The Kier molecular flexibility index (Phi) is 5.19. The average molecular weight is 388 g/mol. The number of nitrogens with zero attached hydrogens (tertiary/aromatic N) is 2. The van der Waals surface area contributed by atoms with E-state index in [1.165, 1.54) is 43.5 Å². The zero-order chi connectivity index (χ0) is 19.7. The number of hydrogen-bond acceptors (Lipinski definition) is 2. The smallest absolute Gasteiger partial charge is 0.264 e. The molecular weight excluding hydrogens is 360 g/mol. The molecule has 0 bridgehead atoms. The molecule has 2 heterocycles. The maximum atomic E-state index is 2.40. The van der Waals surface area contributed by atoms with Crippen LogP contribution in [0.3, 0.4) is 0 Å². The highest BCUT2D eigenvalue weighted by Crippen LogP contribution is 2.33. The van der Waals surface area contributed by atoms with Gasteiger partial charge in [0.25, 0.3) is 5.01 Å². The van der Waals surface area contributed by atoms with Crippen molar-refractivity contribution >= 4 is 29.2 Å². The first-order chi connectivity index (χ1) is 13.6. The minimum absolute atomic E-state index is 0.953. The van der Waals surface area contributed by atoms with Gasteiger partial charge in [0, 0.05) is 24.0 Å². The van der Waals surface area contributed by atoms with Crippen LogP contribution in [0, 0.1) is 13.8 Å². The topological polar surface area (TPSA) is 7.12 Å². The summed E-state index contributed by atoms with van der Waals surface area (Å²) in [4.78, 5) is 3.72. The van der Waals surface area contributed by atoms with Gasteiger partial charge in [0.2, 0.25) is 0 Å². The standard InChI is InChI=1S/C25H27N2S/c1-5-26-17-24(20-10-7-18(3)8-11-20)28-25(26)16-22-13-12-21-15-19(4)9-14-23(21)27(22)6-2/h7-17H,5-6H2,1-4H3/q+1. The van der Waals surface area contributed by atoms with Gasteiger partial charge in [-0.05, 0) is 57.0 Å². The van der Waals surface area contributed by atoms with Gasteiger partial charge in [-0.15, -0.1) is 0 Å². The minimum atomic E-state index is 0.953. The number of fused-ring (bicyclic) bond motifs is 1. The van der Waals surface area contributed by atoms with Gasteiger partial charge in [0.1, 0.15) is 11.4 Å². The second-order valence-corrected chi connectivity index (χ2v) is 8.36. The molecule has 1 aromatic heterocycles. The third-order valence-corrected chi connectivity index (χ3v) is 6.38. The molecule has 0 aliphatic carbocycles. The van der Waals surface area contributed by atoms with Gasteiger partial charge >= 0.3 is 0 Å². The molecule has 3 aromatic rings. The van der Waals surface area contributed by atoms with Crippen LogP contribution in [0.1, 0.15) is 35.5 Å². The molecule has 0 atom stereocenters. The van der Waals surface area contributed by atoms with E-state index >= 15 is 0 Å². The Morgan fingerprint density at radius 2 is 1.71 bits per heavy atom. The van der Waals surface area contributed by atoms with Crippen molar-refractivity contribution in [2.75, 3.05) is 11.4 Å². The first kappa shape index (κ1) is 18.7. The number of allylic oxidation sites excluding steroid dienone is 1. The normalized spacial score (nSPS) is 14.6. The predicted octanol–water partition coefficient (Wildman–Crippen LogP) is 6.23. The molecule has 0 amide bonds. The van der Waals surface area contributed by atoms with Crippen molar-refractivity contribution in [3.05, 3.63) is 82.1 Å². The summed E-state index contributed by atoms with van der Waals surface area (Å²) < 4.78 is 2.35. The van der Waals surface area contributed by atoms with E-state index in [1.54, 1.807) is 0 Å². The van der Waals surface area contributed by atoms with Crippen LogP contribution in [0.15, 0.2) is 60.4 Å². The molecule has 0 saturated carbocycles. The molecule has 0 spiro atoms. The molecule has 0 saturated heterocycles. The fourth-order valence-corrected chi connectivity index (χ4v) is 4.81. The van der Waals surface area contributed by atoms with Crippen LogP contribution >= 0.6 is 11.3 Å². The highest BCUT2D eigenvalue weighted by molar-refractivity contribution is 7.15. The summed E-state index contributed by atoms with van der Waals surface area (Å²) in [5, 5.41) is 1.28. The van der Waals surface area contributed by atoms with Crippen molar-refractivity contribution in [1.82, 2.24) is 0 Å². The van der Waals surface area contributed by atoms with Crippen LogP contribution in [0.5, 0.6) is 0 Å². The van der Waals surface area contributed by atoms with Gasteiger partial charge in [-0.1, -0.05) is 58.9 Å². The van der Waals surface area contributed by atoms with Crippen molar-refractivity contribution in [3.8, 4) is 10.4 Å². The van der Waals surface area contributed by atoms with Crippen LogP contribution in [0.25, 0.3) is 22.6 Å². The summed E-state index contributed by atoms with van der Waals surface area (Å²) in [6, 6.07) is 15.5. The first-order valence-electron chi connectivity index (χ1n) is 9.97. The van der Waals surface area contributed by atoms with Crippen molar-refractivity contribution in [3.63, 3.8) is 0 Å². The van der Waals surface area contributed by atoms with Crippen LogP contribution in [0.4, 0.5) is 5.69 Å². The van der Waals surface area contributed by atoms with Crippen LogP contribution in [0.2, 0.25) is 0 Å². The average Bonchev–Trinajstić information content (AvgIpc) is 3.11. The maximum absolute atomic E-state index is 2.40. The van der Waals surface area contributed by atoms with E-state index in [0.29, 0.717) is 0 Å². The highest BCUT2D eigenvalue weighted by atomic mass is 32.1. The summed E-state index contributed by atoms with van der Waals surface area (Å²) in [5.74, 6) is 0. The van der Waals surface area contributed by atoms with E-state index in [9.17, 15) is 0 Å². The number of rotatable bonds is 4. The fourth-order valence-electron chi connectivity index (χ4n) is 3.68. The third kappa shape index (κ3) is 3.55. The Hall–Kier alpha value is -2.65. The lowest BCUT2D eigenvalue weighted by atomic mass is 10.0. The molecule has 3 heteroatoms. The molecule has 0 unspecified atom stereocenters. The second kappa shape index (κ2) is 7.76. The Balaban J connectivity index is 1.74. The minimum Gasteiger partial charge on any atom is -0.341 e. The fraction of sp³-hybridized carbons (Fsp3) is 0.240. The second-order valence-electron chi connectivity index (χ2n) is 7.29. The van der Waals surface area contributed by atoms with Crippen molar-refractivity contribution < 1.29 is 4.57 Å². The number of aryl methyl sites for hydroxylation is 3. The Morgan fingerprint density at radius 1 is 0.964 bits per heavy atom. The highest BCUT2D eigenvalue weighted by Gasteiger charge is 2.20. The number of benzene rings is 2. The number of aromatic nitrogens is 1. The van der Waals surface area contributed by atoms with E-state index in [4.69, 9.17) is 0 Å². The Morgan fingerprint density at radius 3 is 2.43 bits per heavy atom. The predicted molar refractivity (Wildman–Crippen MR) is 122 cm³/mol. The summed E-state index contributed by atoms with van der Waals surface area (Å²) in [7, 11) is 0. The number of anilines is 1. The van der Waals surface area contributed by atoms with Crippen molar-refractivity contribution in [1.29, 1.82) is 0 Å². The number of likely N-dealkylation sites (N-methyl/N-ethyl adjacent to an activating group) is 1. The molecule has 0 radical (unpaired) electrons. The van der Waals surface area contributed by atoms with E-state index < -0.39 is 0 Å². The molecule has 1 aliphatic heterocycles. The maximum Gasteiger partial charge on any atom is 0.264 e. The summed E-state index contributed by atoms with van der Waals surface area (Å²) in [6.07, 6.45) is 9.10. The van der Waals surface area contributed by atoms with Crippen molar-refractivity contribution in [2.24, 2.45) is 0 Å². The monoisotopic (exact) mass is 387 g/mol. The number of thiazole rings is 1. The Bertz CT molecular complexity index is 1050. The lowest BCUT2D eigenvalue weighted by Gasteiger charge is -2.29. The van der Waals surface area contributed by atoms with E-state index in [1.807, 2.05) is 11.3 Å². The number of hydrogen-bond donors (Lipinski definition) is 0. The van der Waals surface area contributed by atoms with Gasteiger partial charge < -0.3 is 4.90 Å². The van der Waals surface area contributed by atoms with Gasteiger partial charge in [-0.25, -0.2) is 0 Å². The molecule has 1 aliphatic rings. The molecule has 28 heavy (non-hydrogen) atoms. The lowest BCUT2D eigenvalue weighted by molar-refractivity contribution is -0.690. The zero-order valence-corrected chi connectivity index (χ0v) is 17.9.